The second-order valence-corrected chi connectivity index (χ2v) is 4.52. The number of amides is 1. The summed E-state index contributed by atoms with van der Waals surface area (Å²) in [5.74, 6) is 0.148. The topological polar surface area (TPSA) is 61.8 Å². The summed E-state index contributed by atoms with van der Waals surface area (Å²) >= 11 is 0. The maximum atomic E-state index is 11.5. The predicted octanol–water partition coefficient (Wildman–Crippen LogP) is -0.652. The summed E-state index contributed by atoms with van der Waals surface area (Å²) in [6, 6.07) is 0.320. The number of carbonyl (C=O) groups is 1. The van der Waals surface area contributed by atoms with Crippen molar-refractivity contribution in [3.63, 3.8) is 0 Å². The Bertz CT molecular complexity index is 247. The van der Waals surface area contributed by atoms with Gasteiger partial charge in [-0.2, -0.15) is 0 Å². The predicted molar refractivity (Wildman–Crippen MR) is 59.0 cm³/mol. The lowest BCUT2D eigenvalue weighted by Crippen LogP contribution is -2.49. The quantitative estimate of drug-likeness (QED) is 0.659. The van der Waals surface area contributed by atoms with E-state index in [2.05, 4.69) is 10.2 Å². The Balaban J connectivity index is 1.91. The minimum atomic E-state index is -0.0833. The maximum absolute atomic E-state index is 11.5. The van der Waals surface area contributed by atoms with E-state index in [1.807, 2.05) is 0 Å². The van der Waals surface area contributed by atoms with E-state index in [4.69, 9.17) is 9.84 Å². The van der Waals surface area contributed by atoms with Crippen molar-refractivity contribution in [2.75, 3.05) is 32.8 Å². The Morgan fingerprint density at radius 2 is 2.44 bits per heavy atom. The zero-order valence-corrected chi connectivity index (χ0v) is 9.52. The molecule has 0 aliphatic carbocycles. The van der Waals surface area contributed by atoms with Gasteiger partial charge < -0.3 is 15.2 Å². The van der Waals surface area contributed by atoms with Crippen LogP contribution in [0.5, 0.6) is 0 Å². The number of carbonyl (C=O) groups excluding carboxylic acids is 1. The second-order valence-electron chi connectivity index (χ2n) is 4.52. The summed E-state index contributed by atoms with van der Waals surface area (Å²) in [7, 11) is 0. The van der Waals surface area contributed by atoms with Gasteiger partial charge in [-0.05, 0) is 12.8 Å². The molecule has 0 saturated carbocycles. The Labute approximate surface area is 95.8 Å². The molecule has 5 nitrogen and oxygen atoms in total. The molecular weight excluding hydrogens is 208 g/mol. The first kappa shape index (κ1) is 11.8. The van der Waals surface area contributed by atoms with Crippen LogP contribution in [0.4, 0.5) is 0 Å². The van der Waals surface area contributed by atoms with E-state index in [1.54, 1.807) is 0 Å². The molecular formula is C11H20N2O3. The average Bonchev–Trinajstić information content (AvgIpc) is 2.54. The molecule has 1 amide bonds. The van der Waals surface area contributed by atoms with Crippen molar-refractivity contribution in [1.29, 1.82) is 0 Å². The fourth-order valence-corrected chi connectivity index (χ4v) is 2.45. The molecule has 0 aromatic heterocycles. The van der Waals surface area contributed by atoms with Crippen molar-refractivity contribution in [2.24, 2.45) is 0 Å². The first-order chi connectivity index (χ1) is 7.79. The van der Waals surface area contributed by atoms with Gasteiger partial charge in [-0.3, -0.25) is 9.69 Å². The summed E-state index contributed by atoms with van der Waals surface area (Å²) in [6.07, 6.45) is 2.59. The van der Waals surface area contributed by atoms with Crippen LogP contribution in [0, 0.1) is 0 Å². The molecule has 2 unspecified atom stereocenters. The molecule has 2 fully saturated rings. The largest absolute Gasteiger partial charge is 0.394 e. The Kier molecular flexibility index (Phi) is 4.15. The molecule has 2 N–H and O–H groups in total. The van der Waals surface area contributed by atoms with Gasteiger partial charge in [-0.1, -0.05) is 0 Å². The highest BCUT2D eigenvalue weighted by Gasteiger charge is 2.28. The molecule has 2 atom stereocenters. The van der Waals surface area contributed by atoms with Gasteiger partial charge in [-0.25, -0.2) is 0 Å². The molecule has 92 valence electrons. The first-order valence-electron chi connectivity index (χ1n) is 6.03. The van der Waals surface area contributed by atoms with Crippen LogP contribution in [0.2, 0.25) is 0 Å². The number of ether oxygens (including phenoxy) is 1. The molecule has 2 aliphatic rings. The van der Waals surface area contributed by atoms with E-state index in [0.29, 0.717) is 19.1 Å². The fourth-order valence-electron chi connectivity index (χ4n) is 2.45. The van der Waals surface area contributed by atoms with Crippen molar-refractivity contribution in [3.05, 3.63) is 0 Å². The van der Waals surface area contributed by atoms with Gasteiger partial charge >= 0.3 is 0 Å². The summed E-state index contributed by atoms with van der Waals surface area (Å²) in [4.78, 5) is 13.8. The standard InChI is InChI=1S/C11H20N2O3/c14-8-10-7-13(4-5-16-10)9-2-1-3-12-11(15)6-9/h9-10,14H,1-8H2,(H,12,15). The number of aliphatic hydroxyl groups is 1. The van der Waals surface area contributed by atoms with Crippen molar-refractivity contribution in [3.8, 4) is 0 Å². The van der Waals surface area contributed by atoms with E-state index < -0.39 is 0 Å². The lowest BCUT2D eigenvalue weighted by Gasteiger charge is -2.37. The highest BCUT2D eigenvalue weighted by molar-refractivity contribution is 5.76. The van der Waals surface area contributed by atoms with Crippen molar-refractivity contribution in [2.45, 2.75) is 31.4 Å². The number of nitrogens with one attached hydrogen (secondary N) is 1. The Morgan fingerprint density at radius 1 is 1.56 bits per heavy atom. The lowest BCUT2D eigenvalue weighted by atomic mass is 10.1. The van der Waals surface area contributed by atoms with Crippen molar-refractivity contribution >= 4 is 5.91 Å². The minimum absolute atomic E-state index is 0.0649. The normalized spacial score (nSPS) is 33.2. The van der Waals surface area contributed by atoms with Gasteiger partial charge in [0.05, 0.1) is 19.3 Å². The molecule has 0 radical (unpaired) electrons. The van der Waals surface area contributed by atoms with Gasteiger partial charge in [0, 0.05) is 32.1 Å². The molecule has 0 bridgehead atoms. The van der Waals surface area contributed by atoms with E-state index in [-0.39, 0.29) is 18.6 Å². The van der Waals surface area contributed by atoms with Gasteiger partial charge in [0.1, 0.15) is 0 Å². The van der Waals surface area contributed by atoms with Crippen LogP contribution in [0.25, 0.3) is 0 Å². The highest BCUT2D eigenvalue weighted by atomic mass is 16.5. The lowest BCUT2D eigenvalue weighted by molar-refractivity contribution is -0.123. The maximum Gasteiger partial charge on any atom is 0.221 e. The number of morpholine rings is 1. The fraction of sp³-hybridized carbons (Fsp3) is 0.909. The molecule has 5 heteroatoms. The molecule has 2 aliphatic heterocycles. The molecule has 0 aromatic carbocycles. The Morgan fingerprint density at radius 3 is 3.25 bits per heavy atom. The van der Waals surface area contributed by atoms with Crippen LogP contribution in [0.1, 0.15) is 19.3 Å². The van der Waals surface area contributed by atoms with Crippen LogP contribution in [-0.4, -0.2) is 60.9 Å². The van der Waals surface area contributed by atoms with Crippen LogP contribution < -0.4 is 5.32 Å². The molecule has 0 aromatic rings. The number of hydrogen-bond donors (Lipinski definition) is 2. The number of nitrogens with zero attached hydrogens (tertiary/aromatic N) is 1. The van der Waals surface area contributed by atoms with Gasteiger partial charge in [0.25, 0.3) is 0 Å². The molecule has 2 heterocycles. The van der Waals surface area contributed by atoms with Crippen LogP contribution >= 0.6 is 0 Å². The van der Waals surface area contributed by atoms with Gasteiger partial charge in [0.15, 0.2) is 0 Å². The van der Waals surface area contributed by atoms with Crippen LogP contribution in [0.3, 0.4) is 0 Å². The smallest absolute Gasteiger partial charge is 0.221 e. The van der Waals surface area contributed by atoms with E-state index in [0.717, 1.165) is 32.5 Å². The number of hydrogen-bond acceptors (Lipinski definition) is 4. The van der Waals surface area contributed by atoms with Crippen molar-refractivity contribution in [1.82, 2.24) is 10.2 Å². The zero-order valence-electron chi connectivity index (χ0n) is 9.52. The van der Waals surface area contributed by atoms with Gasteiger partial charge in [-0.15, -0.1) is 0 Å². The van der Waals surface area contributed by atoms with E-state index >= 15 is 0 Å². The number of rotatable bonds is 2. The molecule has 2 saturated heterocycles. The van der Waals surface area contributed by atoms with E-state index in [9.17, 15) is 4.79 Å². The number of aliphatic hydroxyl groups excluding tert-OH is 1. The molecule has 16 heavy (non-hydrogen) atoms. The minimum Gasteiger partial charge on any atom is -0.394 e. The zero-order chi connectivity index (χ0) is 11.4. The third-order valence-electron chi connectivity index (χ3n) is 3.35. The summed E-state index contributed by atoms with van der Waals surface area (Å²) in [6.45, 7) is 3.13. The molecule has 2 rings (SSSR count). The average molecular weight is 228 g/mol. The third-order valence-corrected chi connectivity index (χ3v) is 3.35. The third kappa shape index (κ3) is 2.93. The second kappa shape index (κ2) is 5.61. The summed E-state index contributed by atoms with van der Waals surface area (Å²) in [5, 5.41) is 12.0. The summed E-state index contributed by atoms with van der Waals surface area (Å²) in [5.41, 5.74) is 0. The summed E-state index contributed by atoms with van der Waals surface area (Å²) < 4.78 is 5.41. The SMILES string of the molecule is O=C1CC(N2CCOC(CO)C2)CCCN1. The Hall–Kier alpha value is -0.650. The highest BCUT2D eigenvalue weighted by Crippen LogP contribution is 2.17. The van der Waals surface area contributed by atoms with Crippen LogP contribution in [-0.2, 0) is 9.53 Å². The first-order valence-corrected chi connectivity index (χ1v) is 6.03. The molecule has 0 spiro atoms. The van der Waals surface area contributed by atoms with Gasteiger partial charge in [0.2, 0.25) is 5.91 Å². The monoisotopic (exact) mass is 228 g/mol. The van der Waals surface area contributed by atoms with Crippen LogP contribution in [0.15, 0.2) is 0 Å². The van der Waals surface area contributed by atoms with Crippen molar-refractivity contribution < 1.29 is 14.6 Å². The van der Waals surface area contributed by atoms with E-state index in [1.165, 1.54) is 0 Å².